The monoisotopic (exact) mass is 293 g/mol. The van der Waals surface area contributed by atoms with E-state index in [9.17, 15) is 4.79 Å². The van der Waals surface area contributed by atoms with Gasteiger partial charge in [-0.1, -0.05) is 56.0 Å². The Hall–Kier alpha value is -1.33. The van der Waals surface area contributed by atoms with E-state index in [0.717, 1.165) is 11.3 Å². The topological polar surface area (TPSA) is 38.3 Å². The summed E-state index contributed by atoms with van der Waals surface area (Å²) in [6, 6.07) is 7.68. The molecule has 1 aromatic rings. The van der Waals surface area contributed by atoms with Gasteiger partial charge in [-0.3, -0.25) is 4.79 Å². The molecular weight excluding hydrogens is 278 g/mol. The van der Waals surface area contributed by atoms with Crippen LogP contribution in [0.5, 0.6) is 5.75 Å². The van der Waals surface area contributed by atoms with Crippen LogP contribution < -0.4 is 10.1 Å². The van der Waals surface area contributed by atoms with Gasteiger partial charge in [0.05, 0.1) is 11.5 Å². The number of hydrogen-bond donors (Lipinski definition) is 1. The molecule has 0 radical (unpaired) electrons. The Kier molecular flexibility index (Phi) is 4.61. The van der Waals surface area contributed by atoms with E-state index >= 15 is 0 Å². The molecule has 5 heteroatoms. The van der Waals surface area contributed by atoms with Crippen molar-refractivity contribution in [2.24, 2.45) is 5.92 Å². The Morgan fingerprint density at radius 3 is 2.79 bits per heavy atom. The number of ether oxygens (including phenoxy) is 1. The number of carbonyl (C=O) groups excluding carboxylic acids is 1. The highest BCUT2D eigenvalue weighted by Gasteiger charge is 2.22. The van der Waals surface area contributed by atoms with Crippen LogP contribution in [0.2, 0.25) is 0 Å². The van der Waals surface area contributed by atoms with Crippen molar-refractivity contribution in [1.82, 2.24) is 5.32 Å². The molecule has 1 aromatic carbocycles. The quantitative estimate of drug-likeness (QED) is 0.683. The zero-order valence-electron chi connectivity index (χ0n) is 10.8. The molecule has 19 heavy (non-hydrogen) atoms. The van der Waals surface area contributed by atoms with E-state index in [1.165, 1.54) is 11.8 Å². The van der Waals surface area contributed by atoms with Gasteiger partial charge in [-0.05, 0) is 18.1 Å². The standard InChI is InChI=1S/C14H15NO2S2/c1-9(2)8-17-11-6-4-3-5-10(11)7-12-13(16)15-14(18)19-12/h3-7,9H,8H2,1-2H3,(H,15,16,18). The fourth-order valence-corrected chi connectivity index (χ4v) is 2.59. The van der Waals surface area contributed by atoms with Crippen molar-refractivity contribution in [2.75, 3.05) is 6.61 Å². The maximum atomic E-state index is 11.6. The molecule has 1 saturated heterocycles. The zero-order chi connectivity index (χ0) is 13.8. The first-order chi connectivity index (χ1) is 9.06. The number of hydrogen-bond acceptors (Lipinski definition) is 4. The number of carbonyl (C=O) groups is 1. The molecule has 0 saturated carbocycles. The van der Waals surface area contributed by atoms with Gasteiger partial charge in [0.15, 0.2) is 0 Å². The third-order valence-corrected chi connectivity index (χ3v) is 3.58. The summed E-state index contributed by atoms with van der Waals surface area (Å²) in [6.45, 7) is 4.84. The minimum absolute atomic E-state index is 0.145. The van der Waals surface area contributed by atoms with Gasteiger partial charge in [0.2, 0.25) is 0 Å². The minimum atomic E-state index is -0.145. The molecule has 1 fully saturated rings. The van der Waals surface area contributed by atoms with Crippen LogP contribution in [0.3, 0.4) is 0 Å². The van der Waals surface area contributed by atoms with Crippen LogP contribution in [0.15, 0.2) is 29.2 Å². The summed E-state index contributed by atoms with van der Waals surface area (Å²) < 4.78 is 6.25. The number of thiocarbonyl (C=S) groups is 1. The highest BCUT2D eigenvalue weighted by molar-refractivity contribution is 8.26. The Balaban J connectivity index is 2.22. The average molecular weight is 293 g/mol. The zero-order valence-corrected chi connectivity index (χ0v) is 12.4. The number of para-hydroxylation sites is 1. The van der Waals surface area contributed by atoms with Crippen LogP contribution in [0.4, 0.5) is 0 Å². The van der Waals surface area contributed by atoms with Crippen LogP contribution in [-0.2, 0) is 4.79 Å². The van der Waals surface area contributed by atoms with Crippen molar-refractivity contribution >= 4 is 40.3 Å². The van der Waals surface area contributed by atoms with E-state index < -0.39 is 0 Å². The van der Waals surface area contributed by atoms with Crippen molar-refractivity contribution in [3.8, 4) is 5.75 Å². The van der Waals surface area contributed by atoms with E-state index in [1.54, 1.807) is 0 Å². The molecule has 1 heterocycles. The van der Waals surface area contributed by atoms with Crippen LogP contribution in [0, 0.1) is 5.92 Å². The number of rotatable bonds is 4. The molecule has 1 amide bonds. The van der Waals surface area contributed by atoms with Gasteiger partial charge < -0.3 is 10.1 Å². The third-order valence-electron chi connectivity index (χ3n) is 2.42. The Labute approximate surface area is 122 Å². The Morgan fingerprint density at radius 1 is 1.42 bits per heavy atom. The average Bonchev–Trinajstić information content (AvgIpc) is 2.67. The Morgan fingerprint density at radius 2 is 2.16 bits per heavy atom. The van der Waals surface area contributed by atoms with Gasteiger partial charge in [-0.15, -0.1) is 0 Å². The van der Waals surface area contributed by atoms with Crippen molar-refractivity contribution < 1.29 is 9.53 Å². The molecule has 0 bridgehead atoms. The highest BCUT2D eigenvalue weighted by Crippen LogP contribution is 2.29. The molecule has 0 unspecified atom stereocenters. The van der Waals surface area contributed by atoms with Gasteiger partial charge in [-0.2, -0.15) is 0 Å². The highest BCUT2D eigenvalue weighted by atomic mass is 32.2. The molecule has 1 aliphatic heterocycles. The summed E-state index contributed by atoms with van der Waals surface area (Å²) >= 11 is 6.24. The second-order valence-corrected chi connectivity index (χ2v) is 6.31. The lowest BCUT2D eigenvalue weighted by molar-refractivity contribution is -0.115. The van der Waals surface area contributed by atoms with Gasteiger partial charge in [-0.25, -0.2) is 0 Å². The molecular formula is C14H15NO2S2. The number of thioether (sulfide) groups is 1. The molecule has 2 rings (SSSR count). The van der Waals surface area contributed by atoms with Crippen molar-refractivity contribution in [3.05, 3.63) is 34.7 Å². The lowest BCUT2D eigenvalue weighted by Gasteiger charge is -2.11. The summed E-state index contributed by atoms with van der Waals surface area (Å²) in [7, 11) is 0. The van der Waals surface area contributed by atoms with Crippen molar-refractivity contribution in [2.45, 2.75) is 13.8 Å². The molecule has 0 aliphatic carbocycles. The van der Waals surface area contributed by atoms with Gasteiger partial charge >= 0.3 is 0 Å². The number of benzene rings is 1. The van der Waals surface area contributed by atoms with Crippen LogP contribution in [0.1, 0.15) is 19.4 Å². The predicted octanol–water partition coefficient (Wildman–Crippen LogP) is 3.21. The minimum Gasteiger partial charge on any atom is -0.493 e. The lowest BCUT2D eigenvalue weighted by Crippen LogP contribution is -2.17. The molecule has 0 aromatic heterocycles. The fraction of sp³-hybridized carbons (Fsp3) is 0.286. The van der Waals surface area contributed by atoms with Crippen LogP contribution in [-0.4, -0.2) is 16.8 Å². The smallest absolute Gasteiger partial charge is 0.263 e. The van der Waals surface area contributed by atoms with Crippen LogP contribution in [0.25, 0.3) is 6.08 Å². The molecule has 1 N–H and O–H groups in total. The Bertz CT molecular complexity index is 538. The number of nitrogens with one attached hydrogen (secondary N) is 1. The molecule has 0 spiro atoms. The largest absolute Gasteiger partial charge is 0.493 e. The molecule has 100 valence electrons. The van der Waals surface area contributed by atoms with Gasteiger partial charge in [0.1, 0.15) is 10.1 Å². The van der Waals surface area contributed by atoms with Crippen molar-refractivity contribution in [3.63, 3.8) is 0 Å². The van der Waals surface area contributed by atoms with E-state index in [0.29, 0.717) is 21.8 Å². The SMILES string of the molecule is CC(C)COc1ccccc1C=C1SC(=S)NC1=O. The predicted molar refractivity (Wildman–Crippen MR) is 83.1 cm³/mol. The second kappa shape index (κ2) is 6.21. The first-order valence-corrected chi connectivity index (χ1v) is 7.25. The van der Waals surface area contributed by atoms with E-state index in [2.05, 4.69) is 19.2 Å². The molecule has 3 nitrogen and oxygen atoms in total. The maximum absolute atomic E-state index is 11.6. The molecule has 0 atom stereocenters. The second-order valence-electron chi connectivity index (χ2n) is 4.59. The fourth-order valence-electron chi connectivity index (χ4n) is 1.55. The summed E-state index contributed by atoms with van der Waals surface area (Å²) in [5, 5.41) is 2.60. The summed E-state index contributed by atoms with van der Waals surface area (Å²) in [5.74, 6) is 1.10. The third kappa shape index (κ3) is 3.81. The normalized spacial score (nSPS) is 17.1. The lowest BCUT2D eigenvalue weighted by atomic mass is 10.2. The summed E-state index contributed by atoms with van der Waals surface area (Å²) in [5.41, 5.74) is 0.894. The summed E-state index contributed by atoms with van der Waals surface area (Å²) in [6.07, 6.45) is 1.81. The summed E-state index contributed by atoms with van der Waals surface area (Å²) in [4.78, 5) is 12.2. The number of amides is 1. The maximum Gasteiger partial charge on any atom is 0.263 e. The first kappa shape index (κ1) is 14.1. The van der Waals surface area contributed by atoms with Crippen LogP contribution >= 0.6 is 24.0 Å². The molecule has 1 aliphatic rings. The van der Waals surface area contributed by atoms with E-state index in [4.69, 9.17) is 17.0 Å². The first-order valence-electron chi connectivity index (χ1n) is 6.03. The van der Waals surface area contributed by atoms with Gasteiger partial charge in [0.25, 0.3) is 5.91 Å². The van der Waals surface area contributed by atoms with Crippen molar-refractivity contribution in [1.29, 1.82) is 0 Å². The van der Waals surface area contributed by atoms with E-state index in [1.807, 2.05) is 30.3 Å². The van der Waals surface area contributed by atoms with E-state index in [-0.39, 0.29) is 5.91 Å². The van der Waals surface area contributed by atoms with Gasteiger partial charge in [0, 0.05) is 5.56 Å².